The van der Waals surface area contributed by atoms with E-state index in [1.165, 1.54) is 0 Å². The first-order valence-corrected chi connectivity index (χ1v) is 6.87. The number of aromatic nitrogens is 2. The van der Waals surface area contributed by atoms with Gasteiger partial charge in [-0.1, -0.05) is 0 Å². The molecule has 3 heterocycles. The molecule has 0 bridgehead atoms. The zero-order valence-electron chi connectivity index (χ0n) is 11.0. The van der Waals surface area contributed by atoms with Gasteiger partial charge in [0.15, 0.2) is 0 Å². The van der Waals surface area contributed by atoms with E-state index < -0.39 is 0 Å². The van der Waals surface area contributed by atoms with E-state index in [0.717, 1.165) is 45.3 Å². The number of rotatable bonds is 2. The van der Waals surface area contributed by atoms with Gasteiger partial charge >= 0.3 is 0 Å². The van der Waals surface area contributed by atoms with Gasteiger partial charge in [-0.05, 0) is 25.3 Å². The Morgan fingerprint density at radius 2 is 2.05 bits per heavy atom. The summed E-state index contributed by atoms with van der Waals surface area (Å²) >= 11 is 0. The molecule has 19 heavy (non-hydrogen) atoms. The molecule has 2 fully saturated rings. The summed E-state index contributed by atoms with van der Waals surface area (Å²) in [4.78, 5) is 24.4. The Hall–Kier alpha value is -1.85. The highest BCUT2D eigenvalue weighted by molar-refractivity contribution is 5.78. The van der Waals surface area contributed by atoms with Crippen molar-refractivity contribution in [1.82, 2.24) is 14.9 Å². The van der Waals surface area contributed by atoms with Crippen molar-refractivity contribution in [3.05, 3.63) is 12.3 Å². The van der Waals surface area contributed by atoms with Crippen molar-refractivity contribution in [2.45, 2.75) is 31.7 Å². The van der Waals surface area contributed by atoms with E-state index in [2.05, 4.69) is 19.8 Å². The summed E-state index contributed by atoms with van der Waals surface area (Å²) in [6.45, 7) is 2.70. The van der Waals surface area contributed by atoms with Crippen molar-refractivity contribution in [1.29, 1.82) is 0 Å². The second-order valence-corrected chi connectivity index (χ2v) is 5.19. The van der Waals surface area contributed by atoms with Crippen LogP contribution in [0.25, 0.3) is 0 Å². The van der Waals surface area contributed by atoms with Gasteiger partial charge in [-0.3, -0.25) is 4.79 Å². The van der Waals surface area contributed by atoms with E-state index >= 15 is 0 Å². The van der Waals surface area contributed by atoms with Gasteiger partial charge in [0.2, 0.25) is 11.9 Å². The largest absolute Gasteiger partial charge is 0.384 e. The molecule has 2 aliphatic heterocycles. The molecular weight excluding hydrogens is 242 g/mol. The summed E-state index contributed by atoms with van der Waals surface area (Å²) in [5.41, 5.74) is 5.68. The number of hydrogen-bond donors (Lipinski definition) is 1. The number of nitrogen functional groups attached to an aromatic ring is 1. The molecule has 0 radical (unpaired) electrons. The number of nitrogens with zero attached hydrogens (tertiary/aromatic N) is 4. The molecule has 2 N–H and O–H groups in total. The lowest BCUT2D eigenvalue weighted by Crippen LogP contribution is -2.45. The maximum atomic E-state index is 11.7. The average molecular weight is 261 g/mol. The van der Waals surface area contributed by atoms with E-state index in [1.54, 1.807) is 12.3 Å². The van der Waals surface area contributed by atoms with Crippen LogP contribution in [0, 0.1) is 0 Å². The van der Waals surface area contributed by atoms with Crippen molar-refractivity contribution >= 4 is 17.7 Å². The first-order chi connectivity index (χ1) is 9.24. The van der Waals surface area contributed by atoms with Crippen molar-refractivity contribution in [2.24, 2.45) is 0 Å². The second-order valence-electron chi connectivity index (χ2n) is 5.19. The van der Waals surface area contributed by atoms with Crippen LogP contribution in [0.4, 0.5) is 11.8 Å². The van der Waals surface area contributed by atoms with E-state index in [4.69, 9.17) is 5.73 Å². The van der Waals surface area contributed by atoms with Crippen LogP contribution >= 0.6 is 0 Å². The average Bonchev–Trinajstić information content (AvgIpc) is 2.85. The van der Waals surface area contributed by atoms with E-state index in [9.17, 15) is 4.79 Å². The van der Waals surface area contributed by atoms with Crippen molar-refractivity contribution in [3.63, 3.8) is 0 Å². The van der Waals surface area contributed by atoms with Crippen molar-refractivity contribution in [2.75, 3.05) is 30.3 Å². The SMILES string of the molecule is Nc1ccnc(N2CCC(N3CCCC3=O)CC2)n1. The van der Waals surface area contributed by atoms with Gasteiger partial charge < -0.3 is 15.5 Å². The van der Waals surface area contributed by atoms with Crippen LogP contribution < -0.4 is 10.6 Å². The van der Waals surface area contributed by atoms with Gasteiger partial charge in [0.05, 0.1) is 0 Å². The van der Waals surface area contributed by atoms with Gasteiger partial charge in [-0.15, -0.1) is 0 Å². The summed E-state index contributed by atoms with van der Waals surface area (Å²) < 4.78 is 0. The Balaban J connectivity index is 1.61. The number of anilines is 2. The molecule has 0 spiro atoms. The van der Waals surface area contributed by atoms with Gasteiger partial charge in [0.1, 0.15) is 5.82 Å². The molecule has 1 amide bonds. The highest BCUT2D eigenvalue weighted by Crippen LogP contribution is 2.23. The van der Waals surface area contributed by atoms with Crippen LogP contribution in [-0.4, -0.2) is 46.5 Å². The van der Waals surface area contributed by atoms with Crippen molar-refractivity contribution < 1.29 is 4.79 Å². The standard InChI is InChI=1S/C13H19N5O/c14-11-3-6-15-13(16-11)17-8-4-10(5-9-17)18-7-1-2-12(18)19/h3,6,10H,1-2,4-5,7-9H2,(H2,14,15,16). The minimum absolute atomic E-state index is 0.318. The zero-order valence-corrected chi connectivity index (χ0v) is 11.0. The van der Waals surface area contributed by atoms with Crippen LogP contribution in [0.1, 0.15) is 25.7 Å². The molecular formula is C13H19N5O. The van der Waals surface area contributed by atoms with Crippen LogP contribution in [0.2, 0.25) is 0 Å². The Bertz CT molecular complexity index is 470. The summed E-state index contributed by atoms with van der Waals surface area (Å²) in [5.74, 6) is 1.52. The minimum Gasteiger partial charge on any atom is -0.384 e. The summed E-state index contributed by atoms with van der Waals surface area (Å²) in [5, 5.41) is 0. The normalized spacial score (nSPS) is 21.2. The Kier molecular flexibility index (Phi) is 3.23. The minimum atomic E-state index is 0.318. The van der Waals surface area contributed by atoms with Crippen LogP contribution in [0.15, 0.2) is 12.3 Å². The molecule has 0 unspecified atom stereocenters. The predicted octanol–water partition coefficient (Wildman–Crippen LogP) is 0.650. The zero-order chi connectivity index (χ0) is 13.2. The molecule has 0 aliphatic carbocycles. The number of amides is 1. The van der Waals surface area contributed by atoms with Crippen LogP contribution in [-0.2, 0) is 4.79 Å². The third-order valence-electron chi connectivity index (χ3n) is 3.96. The maximum Gasteiger partial charge on any atom is 0.227 e. The van der Waals surface area contributed by atoms with E-state index in [-0.39, 0.29) is 0 Å². The third kappa shape index (κ3) is 2.47. The number of piperidine rings is 1. The molecule has 2 saturated heterocycles. The summed E-state index contributed by atoms with van der Waals surface area (Å²) in [6, 6.07) is 2.09. The monoisotopic (exact) mass is 261 g/mol. The van der Waals surface area contributed by atoms with Crippen LogP contribution in [0.5, 0.6) is 0 Å². The van der Waals surface area contributed by atoms with E-state index in [1.807, 2.05) is 0 Å². The highest BCUT2D eigenvalue weighted by Gasteiger charge is 2.31. The third-order valence-corrected chi connectivity index (χ3v) is 3.96. The fourth-order valence-electron chi connectivity index (χ4n) is 2.95. The number of likely N-dealkylation sites (tertiary alicyclic amines) is 1. The van der Waals surface area contributed by atoms with Gasteiger partial charge in [0.25, 0.3) is 0 Å². The molecule has 3 rings (SSSR count). The molecule has 0 aromatic carbocycles. The van der Waals surface area contributed by atoms with Gasteiger partial charge in [0, 0.05) is 38.3 Å². The maximum absolute atomic E-state index is 11.7. The number of nitrogens with two attached hydrogens (primary N) is 1. The quantitative estimate of drug-likeness (QED) is 0.846. The van der Waals surface area contributed by atoms with Gasteiger partial charge in [-0.2, -0.15) is 4.98 Å². The molecule has 102 valence electrons. The Labute approximate surface area is 112 Å². The first kappa shape index (κ1) is 12.2. The predicted molar refractivity (Wildman–Crippen MR) is 72.6 cm³/mol. The number of carbonyl (C=O) groups excluding carboxylic acids is 1. The van der Waals surface area contributed by atoms with Gasteiger partial charge in [-0.25, -0.2) is 4.98 Å². The Morgan fingerprint density at radius 1 is 1.26 bits per heavy atom. The molecule has 0 saturated carbocycles. The number of carbonyl (C=O) groups is 1. The first-order valence-electron chi connectivity index (χ1n) is 6.87. The Morgan fingerprint density at radius 3 is 2.68 bits per heavy atom. The lowest BCUT2D eigenvalue weighted by atomic mass is 10.0. The summed E-state index contributed by atoms with van der Waals surface area (Å²) in [6.07, 6.45) is 5.40. The molecule has 0 atom stereocenters. The molecule has 2 aliphatic rings. The van der Waals surface area contributed by atoms with E-state index in [0.29, 0.717) is 23.7 Å². The van der Waals surface area contributed by atoms with Crippen molar-refractivity contribution in [3.8, 4) is 0 Å². The molecule has 1 aromatic rings. The molecule has 1 aromatic heterocycles. The second kappa shape index (κ2) is 5.03. The lowest BCUT2D eigenvalue weighted by Gasteiger charge is -2.36. The summed E-state index contributed by atoms with van der Waals surface area (Å²) in [7, 11) is 0. The fraction of sp³-hybridized carbons (Fsp3) is 0.615. The topological polar surface area (TPSA) is 75.3 Å². The fourth-order valence-corrected chi connectivity index (χ4v) is 2.95. The highest BCUT2D eigenvalue weighted by atomic mass is 16.2. The van der Waals surface area contributed by atoms with Crippen LogP contribution in [0.3, 0.4) is 0 Å². The smallest absolute Gasteiger partial charge is 0.227 e. The lowest BCUT2D eigenvalue weighted by molar-refractivity contribution is -0.130. The molecule has 6 heteroatoms. The molecule has 6 nitrogen and oxygen atoms in total. The number of hydrogen-bond acceptors (Lipinski definition) is 5.